The Bertz CT molecular complexity index is 1390. The molecular weight excluding hydrogens is 356 g/mol. The molecule has 0 amide bonds. The van der Waals surface area contributed by atoms with Crippen molar-refractivity contribution in [2.75, 3.05) is 0 Å². The predicted octanol–water partition coefficient (Wildman–Crippen LogP) is 4.02. The largest absolute Gasteiger partial charge is 0.437 e. The van der Waals surface area contributed by atoms with Gasteiger partial charge in [0.1, 0.15) is 23.0 Å². The lowest BCUT2D eigenvalue weighted by Gasteiger charge is -2.08. The number of benzene rings is 2. The molecular formula is C21H14N4O3. The van der Waals surface area contributed by atoms with E-state index >= 15 is 0 Å². The zero-order valence-electron chi connectivity index (χ0n) is 14.9. The number of nitrogens with zero attached hydrogens (tertiary/aromatic N) is 4. The van der Waals surface area contributed by atoms with Crippen LogP contribution in [0.2, 0.25) is 0 Å². The first-order chi connectivity index (χ1) is 13.7. The number of fused-ring (bicyclic) bond motifs is 2. The lowest BCUT2D eigenvalue weighted by Crippen LogP contribution is -2.00. The number of para-hydroxylation sites is 1. The van der Waals surface area contributed by atoms with Gasteiger partial charge in [-0.25, -0.2) is 19.4 Å². The smallest absolute Gasteiger partial charge is 0.339 e. The first-order valence-corrected chi connectivity index (χ1v) is 8.65. The van der Waals surface area contributed by atoms with E-state index in [9.17, 15) is 4.79 Å². The van der Waals surface area contributed by atoms with Crippen molar-refractivity contribution in [3.8, 4) is 17.3 Å². The van der Waals surface area contributed by atoms with Gasteiger partial charge in [0.25, 0.3) is 0 Å². The predicted molar refractivity (Wildman–Crippen MR) is 104 cm³/mol. The summed E-state index contributed by atoms with van der Waals surface area (Å²) >= 11 is 0. The Morgan fingerprint density at radius 3 is 2.79 bits per heavy atom. The molecule has 3 heterocycles. The van der Waals surface area contributed by atoms with E-state index in [0.717, 1.165) is 11.3 Å². The second kappa shape index (κ2) is 6.31. The minimum atomic E-state index is -0.491. The Morgan fingerprint density at radius 2 is 1.89 bits per heavy atom. The van der Waals surface area contributed by atoms with Crippen molar-refractivity contribution in [1.82, 2.24) is 19.7 Å². The van der Waals surface area contributed by atoms with Crippen molar-refractivity contribution in [2.24, 2.45) is 0 Å². The fourth-order valence-corrected chi connectivity index (χ4v) is 3.12. The summed E-state index contributed by atoms with van der Waals surface area (Å²) in [5.41, 5.74) is 2.59. The summed E-state index contributed by atoms with van der Waals surface area (Å²) in [7, 11) is 0. The molecule has 2 aromatic carbocycles. The highest BCUT2D eigenvalue weighted by Crippen LogP contribution is 2.31. The first-order valence-electron chi connectivity index (χ1n) is 8.65. The lowest BCUT2D eigenvalue weighted by atomic mass is 10.2. The normalized spacial score (nSPS) is 11.2. The molecule has 0 spiro atoms. The van der Waals surface area contributed by atoms with E-state index < -0.39 is 5.63 Å². The fraction of sp³-hybridized carbons (Fsp3) is 0.0476. The molecule has 28 heavy (non-hydrogen) atoms. The van der Waals surface area contributed by atoms with Crippen molar-refractivity contribution in [3.63, 3.8) is 0 Å². The molecule has 5 aromatic rings. The maximum Gasteiger partial charge on any atom is 0.339 e. The van der Waals surface area contributed by atoms with Crippen LogP contribution in [0.4, 0.5) is 0 Å². The van der Waals surface area contributed by atoms with Crippen LogP contribution in [-0.4, -0.2) is 19.7 Å². The van der Waals surface area contributed by atoms with E-state index in [1.807, 2.05) is 43.3 Å². The van der Waals surface area contributed by atoms with Gasteiger partial charge >= 0.3 is 5.63 Å². The van der Waals surface area contributed by atoms with E-state index in [4.69, 9.17) is 9.15 Å². The number of hydrogen-bond donors (Lipinski definition) is 0. The van der Waals surface area contributed by atoms with Gasteiger partial charge in [0.05, 0.1) is 23.3 Å². The van der Waals surface area contributed by atoms with E-state index in [2.05, 4.69) is 15.1 Å². The van der Waals surface area contributed by atoms with Crippen LogP contribution in [0.1, 0.15) is 5.56 Å². The number of aryl methyl sites for hydroxylation is 1. The monoisotopic (exact) mass is 370 g/mol. The molecule has 136 valence electrons. The minimum Gasteiger partial charge on any atom is -0.437 e. The number of ether oxygens (including phenoxy) is 1. The van der Waals surface area contributed by atoms with E-state index in [1.165, 1.54) is 12.4 Å². The lowest BCUT2D eigenvalue weighted by molar-refractivity contribution is 0.462. The maximum absolute atomic E-state index is 11.9. The van der Waals surface area contributed by atoms with E-state index in [-0.39, 0.29) is 0 Å². The minimum absolute atomic E-state index is 0.319. The van der Waals surface area contributed by atoms with Gasteiger partial charge in [-0.15, -0.1) is 0 Å². The quantitative estimate of drug-likeness (QED) is 0.446. The summed E-state index contributed by atoms with van der Waals surface area (Å²) in [5.74, 6) is 0.690. The van der Waals surface area contributed by atoms with Crippen molar-refractivity contribution in [2.45, 2.75) is 6.92 Å². The van der Waals surface area contributed by atoms with Crippen LogP contribution >= 0.6 is 0 Å². The Labute approximate surface area is 158 Å². The second-order valence-corrected chi connectivity index (χ2v) is 6.34. The van der Waals surface area contributed by atoms with Crippen molar-refractivity contribution in [1.29, 1.82) is 0 Å². The second-order valence-electron chi connectivity index (χ2n) is 6.34. The highest BCUT2D eigenvalue weighted by Gasteiger charge is 2.15. The van der Waals surface area contributed by atoms with Crippen LogP contribution in [-0.2, 0) is 0 Å². The number of rotatable bonds is 3. The van der Waals surface area contributed by atoms with Crippen molar-refractivity contribution >= 4 is 22.0 Å². The fourth-order valence-electron chi connectivity index (χ4n) is 3.12. The summed E-state index contributed by atoms with van der Waals surface area (Å²) in [4.78, 5) is 20.5. The molecule has 0 saturated heterocycles. The molecule has 5 rings (SSSR count). The number of hydrogen-bond acceptors (Lipinski definition) is 6. The molecule has 0 aliphatic carbocycles. The van der Waals surface area contributed by atoms with Crippen LogP contribution in [0.15, 0.2) is 76.3 Å². The molecule has 0 radical (unpaired) electrons. The molecule has 7 nitrogen and oxygen atoms in total. The molecule has 0 atom stereocenters. The standard InChI is InChI=1S/C21H14N4O3/c1-13-5-4-6-14(9-13)25-20-16(11-24-25)21(23-12-22-20)28-18-10-19(26)27-17-8-3-2-7-15(17)18/h2-12H,1H3. The molecule has 0 aliphatic rings. The molecule has 0 saturated carbocycles. The van der Waals surface area contributed by atoms with Crippen LogP contribution in [0.25, 0.3) is 27.7 Å². The molecule has 0 bridgehead atoms. The maximum atomic E-state index is 11.9. The Balaban J connectivity index is 1.65. The summed E-state index contributed by atoms with van der Waals surface area (Å²) in [6, 6.07) is 16.4. The van der Waals surface area contributed by atoms with Gasteiger partial charge in [-0.05, 0) is 36.8 Å². The zero-order valence-corrected chi connectivity index (χ0v) is 14.9. The van der Waals surface area contributed by atoms with Gasteiger partial charge in [-0.3, -0.25) is 0 Å². The van der Waals surface area contributed by atoms with Crippen LogP contribution < -0.4 is 10.4 Å². The highest BCUT2D eigenvalue weighted by atomic mass is 16.5. The topological polar surface area (TPSA) is 83.0 Å². The SMILES string of the molecule is Cc1cccc(-n2ncc3c(Oc4cc(=O)oc5ccccc45)ncnc32)c1. The number of aromatic nitrogens is 4. The third kappa shape index (κ3) is 2.69. The van der Waals surface area contributed by atoms with E-state index in [0.29, 0.717) is 33.6 Å². The summed E-state index contributed by atoms with van der Waals surface area (Å²) in [5, 5.41) is 5.76. The Morgan fingerprint density at radius 1 is 1.00 bits per heavy atom. The van der Waals surface area contributed by atoms with Gasteiger partial charge in [0, 0.05) is 0 Å². The molecule has 0 N–H and O–H groups in total. The average molecular weight is 370 g/mol. The average Bonchev–Trinajstić information content (AvgIpc) is 3.13. The summed E-state index contributed by atoms with van der Waals surface area (Å²) in [6.07, 6.45) is 3.07. The summed E-state index contributed by atoms with van der Waals surface area (Å²) in [6.45, 7) is 2.02. The molecule has 0 aliphatic heterocycles. The van der Waals surface area contributed by atoms with Crippen molar-refractivity contribution in [3.05, 3.63) is 83.1 Å². The first kappa shape index (κ1) is 16.2. The van der Waals surface area contributed by atoms with Gasteiger partial charge in [0.2, 0.25) is 5.88 Å². The van der Waals surface area contributed by atoms with Gasteiger partial charge in [0.15, 0.2) is 5.65 Å². The van der Waals surface area contributed by atoms with Crippen LogP contribution in [0.3, 0.4) is 0 Å². The van der Waals surface area contributed by atoms with Gasteiger partial charge in [-0.2, -0.15) is 5.10 Å². The van der Waals surface area contributed by atoms with E-state index in [1.54, 1.807) is 23.0 Å². The third-order valence-electron chi connectivity index (χ3n) is 4.39. The van der Waals surface area contributed by atoms with Gasteiger partial charge < -0.3 is 9.15 Å². The Hall–Kier alpha value is -4.00. The highest BCUT2D eigenvalue weighted by molar-refractivity contribution is 5.85. The molecule has 0 unspecified atom stereocenters. The molecule has 3 aromatic heterocycles. The van der Waals surface area contributed by atoms with Crippen LogP contribution in [0.5, 0.6) is 11.6 Å². The van der Waals surface area contributed by atoms with Crippen LogP contribution in [0, 0.1) is 6.92 Å². The summed E-state index contributed by atoms with van der Waals surface area (Å²) < 4.78 is 12.9. The molecule has 7 heteroatoms. The zero-order chi connectivity index (χ0) is 19.1. The van der Waals surface area contributed by atoms with Crippen molar-refractivity contribution < 1.29 is 9.15 Å². The van der Waals surface area contributed by atoms with Gasteiger partial charge in [-0.1, -0.05) is 24.3 Å². The Kier molecular flexibility index (Phi) is 3.65. The third-order valence-corrected chi connectivity index (χ3v) is 4.39. The molecule has 0 fully saturated rings.